The highest BCUT2D eigenvalue weighted by Gasteiger charge is 2.27. The van der Waals surface area contributed by atoms with E-state index >= 15 is 0 Å². The number of carbonyl (C=O) groups is 2. The molecule has 12 heteroatoms. The van der Waals surface area contributed by atoms with Gasteiger partial charge in [0.15, 0.2) is 6.10 Å². The second-order valence-corrected chi connectivity index (χ2v) is 16.9. The van der Waals surface area contributed by atoms with Crippen LogP contribution in [0.25, 0.3) is 0 Å². The molecule has 0 saturated carbocycles. The Balaban J connectivity index is 4.43. The van der Waals surface area contributed by atoms with Crippen LogP contribution in [0, 0.1) is 5.92 Å². The van der Waals surface area contributed by atoms with Crippen molar-refractivity contribution in [2.24, 2.45) is 5.92 Å². The first-order chi connectivity index (χ1) is 27.5. The number of allylic oxidation sites excluding steroid dienone is 6. The molecule has 0 aromatic carbocycles. The van der Waals surface area contributed by atoms with Crippen molar-refractivity contribution < 1.29 is 52.9 Å². The lowest BCUT2D eigenvalue weighted by Gasteiger charge is -2.20. The van der Waals surface area contributed by atoms with Crippen LogP contribution in [0.15, 0.2) is 48.6 Å². The zero-order chi connectivity index (χ0) is 42.2. The number of rotatable bonds is 40. The molecule has 332 valence electrons. The maximum atomic E-state index is 12.6. The number of carbonyl (C=O) groups excluding carboxylic acids is 2. The van der Waals surface area contributed by atoms with E-state index in [1.54, 1.807) is 6.08 Å². The zero-order valence-electron chi connectivity index (χ0n) is 35.8. The lowest BCUT2D eigenvalue weighted by atomic mass is 10.0. The summed E-state index contributed by atoms with van der Waals surface area (Å²) >= 11 is 0. The molecule has 4 N–H and O–H groups in total. The average Bonchev–Trinajstić information content (AvgIpc) is 3.18. The lowest BCUT2D eigenvalue weighted by Crippen LogP contribution is -2.29. The molecule has 0 aliphatic carbocycles. The van der Waals surface area contributed by atoms with Crippen LogP contribution >= 0.6 is 7.82 Å². The Morgan fingerprint density at radius 2 is 1.23 bits per heavy atom. The first kappa shape index (κ1) is 54.9. The molecule has 57 heavy (non-hydrogen) atoms. The highest BCUT2D eigenvalue weighted by molar-refractivity contribution is 7.47. The van der Waals surface area contributed by atoms with Gasteiger partial charge in [-0.05, 0) is 50.9 Å². The Labute approximate surface area is 346 Å². The SMILES string of the molecule is CCCCC/C=C\C[C@@H](O)/C=C/C=C\C/C=C\CCCC(=O)OC[C@H](COP(=O)(O)OC[C@@H](O)CO)OC(=O)CCCCCCCCCCCCCCCC(C)C. The highest BCUT2D eigenvalue weighted by atomic mass is 31.2. The maximum absolute atomic E-state index is 12.6. The Hall–Kier alpha value is -2.11. The van der Waals surface area contributed by atoms with Crippen molar-refractivity contribution in [1.29, 1.82) is 0 Å². The second-order valence-electron chi connectivity index (χ2n) is 15.4. The summed E-state index contributed by atoms with van der Waals surface area (Å²) in [6, 6.07) is 0. The minimum atomic E-state index is -4.64. The van der Waals surface area contributed by atoms with Gasteiger partial charge in [0, 0.05) is 12.8 Å². The maximum Gasteiger partial charge on any atom is 0.472 e. The molecule has 0 spiro atoms. The van der Waals surface area contributed by atoms with E-state index in [4.69, 9.17) is 19.1 Å². The quantitative estimate of drug-likeness (QED) is 0.0152. The summed E-state index contributed by atoms with van der Waals surface area (Å²) in [5.41, 5.74) is 0. The zero-order valence-corrected chi connectivity index (χ0v) is 36.7. The third-order valence-electron chi connectivity index (χ3n) is 9.24. The number of phosphoric ester groups is 1. The monoisotopic (exact) mass is 829 g/mol. The molecule has 0 saturated heterocycles. The fourth-order valence-electron chi connectivity index (χ4n) is 5.78. The predicted octanol–water partition coefficient (Wildman–Crippen LogP) is 10.6. The number of aliphatic hydroxyl groups is 3. The Bertz CT molecular complexity index is 1120. The Morgan fingerprint density at radius 1 is 0.649 bits per heavy atom. The molecule has 0 aliphatic rings. The second kappa shape index (κ2) is 39.4. The van der Waals surface area contributed by atoms with E-state index in [-0.39, 0.29) is 19.4 Å². The van der Waals surface area contributed by atoms with Gasteiger partial charge in [0.1, 0.15) is 12.7 Å². The summed E-state index contributed by atoms with van der Waals surface area (Å²) in [6.07, 6.45) is 36.8. The van der Waals surface area contributed by atoms with E-state index in [9.17, 15) is 29.3 Å². The van der Waals surface area contributed by atoms with Crippen molar-refractivity contribution in [3.05, 3.63) is 48.6 Å². The summed E-state index contributed by atoms with van der Waals surface area (Å²) in [7, 11) is -4.64. The summed E-state index contributed by atoms with van der Waals surface area (Å²) < 4.78 is 32.6. The summed E-state index contributed by atoms with van der Waals surface area (Å²) in [5.74, 6) is -0.221. The molecule has 0 fully saturated rings. The van der Waals surface area contributed by atoms with Gasteiger partial charge in [-0.2, -0.15) is 0 Å². The van der Waals surface area contributed by atoms with E-state index in [1.807, 2.05) is 36.5 Å². The van der Waals surface area contributed by atoms with E-state index in [2.05, 4.69) is 31.4 Å². The van der Waals surface area contributed by atoms with Crippen LogP contribution in [-0.4, -0.2) is 76.9 Å². The third kappa shape index (κ3) is 40.5. The molecule has 0 amide bonds. The molecule has 1 unspecified atom stereocenters. The van der Waals surface area contributed by atoms with Crippen molar-refractivity contribution in [2.45, 2.75) is 193 Å². The van der Waals surface area contributed by atoms with Gasteiger partial charge in [-0.3, -0.25) is 18.6 Å². The van der Waals surface area contributed by atoms with Gasteiger partial charge in [0.05, 0.1) is 25.9 Å². The Morgan fingerprint density at radius 3 is 1.86 bits per heavy atom. The average molecular weight is 829 g/mol. The number of hydrogen-bond donors (Lipinski definition) is 4. The molecule has 0 aromatic heterocycles. The van der Waals surface area contributed by atoms with Gasteiger partial charge in [0.2, 0.25) is 0 Å². The van der Waals surface area contributed by atoms with Crippen LogP contribution < -0.4 is 0 Å². The number of phosphoric acid groups is 1. The largest absolute Gasteiger partial charge is 0.472 e. The summed E-state index contributed by atoms with van der Waals surface area (Å²) in [5, 5.41) is 28.4. The number of aliphatic hydroxyl groups excluding tert-OH is 3. The van der Waals surface area contributed by atoms with E-state index in [1.165, 1.54) is 83.5 Å². The van der Waals surface area contributed by atoms with Gasteiger partial charge in [-0.25, -0.2) is 4.57 Å². The lowest BCUT2D eigenvalue weighted by molar-refractivity contribution is -0.161. The summed E-state index contributed by atoms with van der Waals surface area (Å²) in [4.78, 5) is 35.0. The van der Waals surface area contributed by atoms with Crippen molar-refractivity contribution in [3.8, 4) is 0 Å². The van der Waals surface area contributed by atoms with Crippen molar-refractivity contribution in [2.75, 3.05) is 26.4 Å². The topological polar surface area (TPSA) is 169 Å². The molecule has 4 atom stereocenters. The van der Waals surface area contributed by atoms with Crippen LogP contribution in [0.2, 0.25) is 0 Å². The van der Waals surface area contributed by atoms with Gasteiger partial charge in [-0.1, -0.05) is 166 Å². The van der Waals surface area contributed by atoms with E-state index < -0.39 is 57.9 Å². The van der Waals surface area contributed by atoms with Gasteiger partial charge in [-0.15, -0.1) is 0 Å². The number of ether oxygens (including phenoxy) is 2. The van der Waals surface area contributed by atoms with Gasteiger partial charge in [0.25, 0.3) is 0 Å². The molecule has 11 nitrogen and oxygen atoms in total. The minimum absolute atomic E-state index is 0.134. The van der Waals surface area contributed by atoms with Gasteiger partial charge < -0.3 is 29.7 Å². The van der Waals surface area contributed by atoms with E-state index in [0.717, 1.165) is 31.6 Å². The standard InChI is InChI=1S/C45H81O11P/c1-4-5-6-7-22-27-32-41(47)33-28-23-18-15-16-19-24-29-34-44(49)53-38-43(39-55-57(51,52)54-37-42(48)36-46)56-45(50)35-30-25-20-14-12-10-8-9-11-13-17-21-26-31-40(2)3/h16,18-19,22-23,27-28,33,40-43,46-48H,4-15,17,20-21,24-26,29-32,34-39H2,1-3H3,(H,51,52)/b19-16-,23-18-,27-22-,33-28+/t41-,42+,43-/m1/s1. The van der Waals surface area contributed by atoms with Crippen molar-refractivity contribution in [3.63, 3.8) is 0 Å². The van der Waals surface area contributed by atoms with Gasteiger partial charge >= 0.3 is 19.8 Å². The van der Waals surface area contributed by atoms with Crippen LogP contribution in [-0.2, 0) is 32.7 Å². The van der Waals surface area contributed by atoms with Crippen LogP contribution in [0.3, 0.4) is 0 Å². The van der Waals surface area contributed by atoms with Crippen LogP contribution in [0.4, 0.5) is 0 Å². The Kier molecular flexibility index (Phi) is 37.9. The highest BCUT2D eigenvalue weighted by Crippen LogP contribution is 2.43. The predicted molar refractivity (Wildman–Crippen MR) is 230 cm³/mol. The smallest absolute Gasteiger partial charge is 0.462 e. The first-order valence-corrected chi connectivity index (χ1v) is 23.6. The number of esters is 2. The van der Waals surface area contributed by atoms with E-state index in [0.29, 0.717) is 32.1 Å². The molecule has 0 radical (unpaired) electrons. The third-order valence-corrected chi connectivity index (χ3v) is 10.2. The first-order valence-electron chi connectivity index (χ1n) is 22.1. The molecule has 0 heterocycles. The molecular formula is C45H81O11P. The molecule has 0 aromatic rings. The number of unbranched alkanes of at least 4 members (excludes halogenated alkanes) is 16. The fourth-order valence-corrected chi connectivity index (χ4v) is 6.57. The van der Waals surface area contributed by atoms with Crippen molar-refractivity contribution in [1.82, 2.24) is 0 Å². The van der Waals surface area contributed by atoms with Crippen LogP contribution in [0.5, 0.6) is 0 Å². The molecule has 0 bridgehead atoms. The normalized spacial score (nSPS) is 14.9. The molecular weight excluding hydrogens is 747 g/mol. The minimum Gasteiger partial charge on any atom is -0.462 e. The molecule has 0 rings (SSSR count). The van der Waals surface area contributed by atoms with Crippen LogP contribution in [0.1, 0.15) is 175 Å². The number of hydrogen-bond acceptors (Lipinski definition) is 10. The van der Waals surface area contributed by atoms with Crippen molar-refractivity contribution >= 4 is 19.8 Å². The molecule has 0 aliphatic heterocycles. The summed E-state index contributed by atoms with van der Waals surface area (Å²) in [6.45, 7) is 4.53. The fraction of sp³-hybridized carbons (Fsp3) is 0.778.